The van der Waals surface area contributed by atoms with E-state index in [0.29, 0.717) is 36.0 Å². The van der Waals surface area contributed by atoms with Crippen LogP contribution in [0.5, 0.6) is 0 Å². The normalized spacial score (nSPS) is 10.1. The minimum atomic E-state index is 0.348. The third-order valence-corrected chi connectivity index (χ3v) is 2.11. The Labute approximate surface area is 97.9 Å². The minimum absolute atomic E-state index is 0.348. The smallest absolute Gasteiger partial charge is 0.276 e. The lowest BCUT2D eigenvalue weighted by atomic mass is 10.3. The molecule has 2 aromatic heterocycles. The molecule has 0 aliphatic rings. The molecule has 2 heterocycles. The third-order valence-electron chi connectivity index (χ3n) is 2.11. The van der Waals surface area contributed by atoms with Gasteiger partial charge in [-0.05, 0) is 12.1 Å². The molecule has 0 saturated heterocycles. The largest absolute Gasteiger partial charge is 0.384 e. The zero-order chi connectivity index (χ0) is 12.1. The van der Waals surface area contributed by atoms with Crippen molar-refractivity contribution < 1.29 is 9.26 Å². The van der Waals surface area contributed by atoms with E-state index in [-0.39, 0.29) is 0 Å². The SMILES string of the molecule is COCCc1noc(-c2ccc(C#N)cn2)n1. The van der Waals surface area contributed by atoms with Crippen LogP contribution >= 0.6 is 0 Å². The highest BCUT2D eigenvalue weighted by Crippen LogP contribution is 2.14. The first-order valence-corrected chi connectivity index (χ1v) is 5.01. The maximum absolute atomic E-state index is 8.64. The van der Waals surface area contributed by atoms with Gasteiger partial charge in [0.2, 0.25) is 0 Å². The molecule has 0 N–H and O–H groups in total. The van der Waals surface area contributed by atoms with Crippen LogP contribution in [0.2, 0.25) is 0 Å². The van der Waals surface area contributed by atoms with Gasteiger partial charge in [-0.25, -0.2) is 4.98 Å². The molecule has 0 amide bonds. The lowest BCUT2D eigenvalue weighted by Gasteiger charge is -1.92. The van der Waals surface area contributed by atoms with Crippen molar-refractivity contribution >= 4 is 0 Å². The average molecular weight is 230 g/mol. The fraction of sp³-hybridized carbons (Fsp3) is 0.273. The topological polar surface area (TPSA) is 84.8 Å². The summed E-state index contributed by atoms with van der Waals surface area (Å²) in [6.07, 6.45) is 2.06. The van der Waals surface area contributed by atoms with Gasteiger partial charge in [-0.2, -0.15) is 10.2 Å². The molecule has 6 nitrogen and oxygen atoms in total. The predicted octanol–water partition coefficient (Wildman–Crippen LogP) is 1.19. The zero-order valence-electron chi connectivity index (χ0n) is 9.25. The molecule has 0 saturated carbocycles. The number of methoxy groups -OCH3 is 1. The Balaban J connectivity index is 2.16. The molecule has 0 fully saturated rings. The molecule has 0 bridgehead atoms. The third kappa shape index (κ3) is 2.65. The molecule has 0 aliphatic carbocycles. The summed E-state index contributed by atoms with van der Waals surface area (Å²) in [5.41, 5.74) is 1.05. The summed E-state index contributed by atoms with van der Waals surface area (Å²) >= 11 is 0. The lowest BCUT2D eigenvalue weighted by molar-refractivity contribution is 0.199. The van der Waals surface area contributed by atoms with E-state index in [2.05, 4.69) is 15.1 Å². The second-order valence-electron chi connectivity index (χ2n) is 3.30. The van der Waals surface area contributed by atoms with Crippen LogP contribution in [-0.4, -0.2) is 28.8 Å². The first-order chi connectivity index (χ1) is 8.33. The molecule has 17 heavy (non-hydrogen) atoms. The van der Waals surface area contributed by atoms with Gasteiger partial charge in [0.25, 0.3) is 5.89 Å². The van der Waals surface area contributed by atoms with Crippen LogP contribution in [0.25, 0.3) is 11.6 Å². The number of ether oxygens (including phenoxy) is 1. The lowest BCUT2D eigenvalue weighted by Crippen LogP contribution is -1.96. The maximum atomic E-state index is 8.64. The summed E-state index contributed by atoms with van der Waals surface area (Å²) in [7, 11) is 1.61. The Bertz CT molecular complexity index is 527. The van der Waals surface area contributed by atoms with Crippen LogP contribution in [0.3, 0.4) is 0 Å². The van der Waals surface area contributed by atoms with Crippen molar-refractivity contribution in [1.82, 2.24) is 15.1 Å². The standard InChI is InChI=1S/C11H10N4O2/c1-16-5-4-10-14-11(17-15-10)9-3-2-8(6-12)7-13-9/h2-3,7H,4-5H2,1H3. The summed E-state index contributed by atoms with van der Waals surface area (Å²) < 4.78 is 9.98. The molecule has 0 unspecified atom stereocenters. The Morgan fingerprint density at radius 1 is 1.47 bits per heavy atom. The summed E-state index contributed by atoms with van der Waals surface area (Å²) in [6.45, 7) is 0.541. The van der Waals surface area contributed by atoms with E-state index in [1.165, 1.54) is 6.20 Å². The number of aromatic nitrogens is 3. The van der Waals surface area contributed by atoms with Crippen LogP contribution in [0.15, 0.2) is 22.9 Å². The second kappa shape index (κ2) is 5.18. The number of nitriles is 1. The van der Waals surface area contributed by atoms with Gasteiger partial charge in [0.05, 0.1) is 12.2 Å². The van der Waals surface area contributed by atoms with E-state index < -0.39 is 0 Å². The second-order valence-corrected chi connectivity index (χ2v) is 3.30. The van der Waals surface area contributed by atoms with Gasteiger partial charge in [0.1, 0.15) is 11.8 Å². The van der Waals surface area contributed by atoms with Crippen molar-refractivity contribution in [2.45, 2.75) is 6.42 Å². The van der Waals surface area contributed by atoms with Crippen LogP contribution in [0.4, 0.5) is 0 Å². The monoisotopic (exact) mass is 230 g/mol. The van der Waals surface area contributed by atoms with Crippen molar-refractivity contribution in [1.29, 1.82) is 5.26 Å². The molecular formula is C11H10N4O2. The molecular weight excluding hydrogens is 220 g/mol. The van der Waals surface area contributed by atoms with Gasteiger partial charge < -0.3 is 9.26 Å². The maximum Gasteiger partial charge on any atom is 0.276 e. The number of hydrogen-bond donors (Lipinski definition) is 0. The van der Waals surface area contributed by atoms with Crippen molar-refractivity contribution in [3.05, 3.63) is 29.7 Å². The Hall–Kier alpha value is -2.26. The van der Waals surface area contributed by atoms with Crippen LogP contribution in [0, 0.1) is 11.3 Å². The molecule has 0 aliphatic heterocycles. The van der Waals surface area contributed by atoms with Gasteiger partial charge >= 0.3 is 0 Å². The summed E-state index contributed by atoms with van der Waals surface area (Å²) in [6, 6.07) is 5.32. The number of hydrogen-bond acceptors (Lipinski definition) is 6. The predicted molar refractivity (Wildman–Crippen MR) is 57.8 cm³/mol. The van der Waals surface area contributed by atoms with E-state index in [4.69, 9.17) is 14.5 Å². The Kier molecular flexibility index (Phi) is 3.43. The van der Waals surface area contributed by atoms with Crippen molar-refractivity contribution in [2.24, 2.45) is 0 Å². The average Bonchev–Trinajstić information content (AvgIpc) is 2.85. The van der Waals surface area contributed by atoms with Gasteiger partial charge in [0.15, 0.2) is 5.82 Å². The van der Waals surface area contributed by atoms with Crippen LogP contribution < -0.4 is 0 Å². The molecule has 0 spiro atoms. The molecule has 2 aromatic rings. The molecule has 0 atom stereocenters. The quantitative estimate of drug-likeness (QED) is 0.784. The first-order valence-electron chi connectivity index (χ1n) is 5.01. The fourth-order valence-corrected chi connectivity index (χ4v) is 1.24. The highest BCUT2D eigenvalue weighted by atomic mass is 16.5. The highest BCUT2D eigenvalue weighted by molar-refractivity contribution is 5.47. The summed E-state index contributed by atoms with van der Waals surface area (Å²) in [4.78, 5) is 8.23. The first kappa shape index (κ1) is 11.2. The van der Waals surface area contributed by atoms with Gasteiger partial charge in [-0.15, -0.1) is 0 Å². The van der Waals surface area contributed by atoms with Gasteiger partial charge in [-0.1, -0.05) is 5.16 Å². The molecule has 2 rings (SSSR count). The number of rotatable bonds is 4. The molecule has 0 aromatic carbocycles. The van der Waals surface area contributed by atoms with E-state index >= 15 is 0 Å². The zero-order valence-corrected chi connectivity index (χ0v) is 9.25. The van der Waals surface area contributed by atoms with Crippen molar-refractivity contribution in [2.75, 3.05) is 13.7 Å². The molecule has 6 heteroatoms. The van der Waals surface area contributed by atoms with Crippen LogP contribution in [0.1, 0.15) is 11.4 Å². The molecule has 0 radical (unpaired) electrons. The van der Waals surface area contributed by atoms with E-state index in [1.807, 2.05) is 6.07 Å². The highest BCUT2D eigenvalue weighted by Gasteiger charge is 2.09. The number of pyridine rings is 1. The van der Waals surface area contributed by atoms with Gasteiger partial charge in [0, 0.05) is 19.7 Å². The van der Waals surface area contributed by atoms with Crippen LogP contribution in [-0.2, 0) is 11.2 Å². The fourth-order valence-electron chi connectivity index (χ4n) is 1.24. The molecule has 86 valence electrons. The van der Waals surface area contributed by atoms with Crippen molar-refractivity contribution in [3.63, 3.8) is 0 Å². The van der Waals surface area contributed by atoms with E-state index in [1.54, 1.807) is 19.2 Å². The minimum Gasteiger partial charge on any atom is -0.384 e. The summed E-state index contributed by atoms with van der Waals surface area (Å²) in [5.74, 6) is 0.925. The van der Waals surface area contributed by atoms with E-state index in [9.17, 15) is 0 Å². The van der Waals surface area contributed by atoms with E-state index in [0.717, 1.165) is 0 Å². The Morgan fingerprint density at radius 3 is 3.00 bits per heavy atom. The summed E-state index contributed by atoms with van der Waals surface area (Å²) in [5, 5.41) is 12.4. The van der Waals surface area contributed by atoms with Crippen molar-refractivity contribution in [3.8, 4) is 17.7 Å². The van der Waals surface area contributed by atoms with Gasteiger partial charge in [-0.3, -0.25) is 0 Å². The Morgan fingerprint density at radius 2 is 2.35 bits per heavy atom. The number of nitrogens with zero attached hydrogens (tertiary/aromatic N) is 4.